The first kappa shape index (κ1) is 28.1. The Morgan fingerprint density at radius 2 is 1.39 bits per heavy atom. The fraction of sp³-hybridized carbons (Fsp3) is 0.310. The Hall–Kier alpha value is -2.47. The number of halogens is 2. The minimum Gasteiger partial charge on any atom is -0.350 e. The number of amides is 2. The predicted octanol–water partition coefficient (Wildman–Crippen LogP) is 6.78. The summed E-state index contributed by atoms with van der Waals surface area (Å²) in [5.74, 6) is 0.671. The standard InChI is InChI=1S/C29H32Cl2N2O2S/c1-29(2,3)32-28(35)26(17-21-7-5-4-6-8-21)33(18-22-9-13-24(30)14-10-22)27(34)20-36-19-23-11-15-25(31)16-12-23/h4-16,26H,17-20H2,1-3H3,(H,32,35). The predicted molar refractivity (Wildman–Crippen MR) is 151 cm³/mol. The monoisotopic (exact) mass is 542 g/mol. The van der Waals surface area contributed by atoms with Crippen molar-refractivity contribution in [1.29, 1.82) is 0 Å². The Morgan fingerprint density at radius 1 is 0.833 bits per heavy atom. The van der Waals surface area contributed by atoms with Crippen LogP contribution in [0.1, 0.15) is 37.5 Å². The Balaban J connectivity index is 1.85. The Labute approximate surface area is 228 Å². The highest BCUT2D eigenvalue weighted by Crippen LogP contribution is 2.21. The summed E-state index contributed by atoms with van der Waals surface area (Å²) in [7, 11) is 0. The van der Waals surface area contributed by atoms with Crippen molar-refractivity contribution in [2.75, 3.05) is 5.75 Å². The molecule has 7 heteroatoms. The molecule has 0 heterocycles. The third kappa shape index (κ3) is 9.20. The molecule has 4 nitrogen and oxygen atoms in total. The minimum atomic E-state index is -0.661. The van der Waals surface area contributed by atoms with Gasteiger partial charge >= 0.3 is 0 Å². The third-order valence-electron chi connectivity index (χ3n) is 5.44. The highest BCUT2D eigenvalue weighted by atomic mass is 35.5. The van der Waals surface area contributed by atoms with Gasteiger partial charge in [0.05, 0.1) is 5.75 Å². The molecule has 0 aliphatic heterocycles. The van der Waals surface area contributed by atoms with Crippen LogP contribution < -0.4 is 5.32 Å². The zero-order chi connectivity index (χ0) is 26.1. The Morgan fingerprint density at radius 3 is 1.94 bits per heavy atom. The average Bonchev–Trinajstić information content (AvgIpc) is 2.83. The van der Waals surface area contributed by atoms with Gasteiger partial charge in [0, 0.05) is 34.3 Å². The first-order valence-corrected chi connectivity index (χ1v) is 13.7. The van der Waals surface area contributed by atoms with Crippen molar-refractivity contribution >= 4 is 46.8 Å². The first-order valence-electron chi connectivity index (χ1n) is 11.8. The maximum Gasteiger partial charge on any atom is 0.243 e. The number of rotatable bonds is 10. The first-order chi connectivity index (χ1) is 17.1. The van der Waals surface area contributed by atoms with E-state index in [1.807, 2.05) is 87.5 Å². The SMILES string of the molecule is CC(C)(C)NC(=O)C(Cc1ccccc1)N(Cc1ccc(Cl)cc1)C(=O)CSCc1ccc(Cl)cc1. The second kappa shape index (κ2) is 13.2. The number of hydrogen-bond acceptors (Lipinski definition) is 3. The van der Waals surface area contributed by atoms with Gasteiger partial charge in [-0.1, -0.05) is 77.8 Å². The second-order valence-electron chi connectivity index (χ2n) is 9.71. The van der Waals surface area contributed by atoms with E-state index in [-0.39, 0.29) is 17.6 Å². The van der Waals surface area contributed by atoms with Crippen LogP contribution in [0.15, 0.2) is 78.9 Å². The lowest BCUT2D eigenvalue weighted by molar-refractivity contribution is -0.140. The van der Waals surface area contributed by atoms with Crippen LogP contribution in [-0.2, 0) is 28.3 Å². The van der Waals surface area contributed by atoms with Crippen molar-refractivity contribution in [3.63, 3.8) is 0 Å². The molecule has 3 rings (SSSR count). The van der Waals surface area contributed by atoms with Crippen molar-refractivity contribution in [2.24, 2.45) is 0 Å². The highest BCUT2D eigenvalue weighted by Gasteiger charge is 2.32. The van der Waals surface area contributed by atoms with Gasteiger partial charge in [-0.2, -0.15) is 0 Å². The fourth-order valence-corrected chi connectivity index (χ4v) is 4.84. The molecule has 36 heavy (non-hydrogen) atoms. The van der Waals surface area contributed by atoms with Gasteiger partial charge in [0.15, 0.2) is 0 Å². The van der Waals surface area contributed by atoms with Gasteiger partial charge in [0.2, 0.25) is 11.8 Å². The van der Waals surface area contributed by atoms with E-state index in [1.54, 1.807) is 17.0 Å². The molecular formula is C29H32Cl2N2O2S. The van der Waals surface area contributed by atoms with Crippen LogP contribution in [0.25, 0.3) is 0 Å². The van der Waals surface area contributed by atoms with Crippen molar-refractivity contribution < 1.29 is 9.59 Å². The van der Waals surface area contributed by atoms with Crippen molar-refractivity contribution in [3.05, 3.63) is 106 Å². The zero-order valence-corrected chi connectivity index (χ0v) is 23.2. The molecule has 0 aliphatic rings. The van der Waals surface area contributed by atoms with Gasteiger partial charge in [-0.25, -0.2) is 0 Å². The van der Waals surface area contributed by atoms with E-state index in [9.17, 15) is 9.59 Å². The molecule has 0 radical (unpaired) electrons. The summed E-state index contributed by atoms with van der Waals surface area (Å²) in [4.78, 5) is 28.9. The van der Waals surface area contributed by atoms with Crippen LogP contribution in [0.4, 0.5) is 0 Å². The molecule has 3 aromatic carbocycles. The molecule has 0 aromatic heterocycles. The van der Waals surface area contributed by atoms with Crippen LogP contribution in [0.3, 0.4) is 0 Å². The highest BCUT2D eigenvalue weighted by molar-refractivity contribution is 7.99. The molecule has 0 saturated carbocycles. The number of nitrogens with one attached hydrogen (secondary N) is 1. The summed E-state index contributed by atoms with van der Waals surface area (Å²) >= 11 is 13.6. The quantitative estimate of drug-likeness (QED) is 0.307. The molecule has 0 saturated heterocycles. The van der Waals surface area contributed by atoms with Crippen molar-refractivity contribution in [2.45, 2.75) is 51.1 Å². The van der Waals surface area contributed by atoms with Crippen LogP contribution in [0.2, 0.25) is 10.0 Å². The lowest BCUT2D eigenvalue weighted by Crippen LogP contribution is -2.54. The van der Waals surface area contributed by atoms with E-state index in [2.05, 4.69) is 5.32 Å². The summed E-state index contributed by atoms with van der Waals surface area (Å²) < 4.78 is 0. The van der Waals surface area contributed by atoms with Crippen LogP contribution in [0.5, 0.6) is 0 Å². The smallest absolute Gasteiger partial charge is 0.243 e. The third-order valence-corrected chi connectivity index (χ3v) is 6.94. The van der Waals surface area contributed by atoms with Crippen LogP contribution >= 0.6 is 35.0 Å². The molecule has 0 bridgehead atoms. The second-order valence-corrected chi connectivity index (χ2v) is 11.6. The van der Waals surface area contributed by atoms with Crippen molar-refractivity contribution in [3.8, 4) is 0 Å². The largest absolute Gasteiger partial charge is 0.350 e. The molecule has 0 fully saturated rings. The Bertz CT molecular complexity index is 1130. The number of carbonyl (C=O) groups excluding carboxylic acids is 2. The average molecular weight is 544 g/mol. The molecule has 1 unspecified atom stereocenters. The summed E-state index contributed by atoms with van der Waals surface area (Å²) in [6, 6.07) is 24.1. The number of carbonyl (C=O) groups is 2. The van der Waals surface area contributed by atoms with Crippen molar-refractivity contribution in [1.82, 2.24) is 10.2 Å². The summed E-state index contributed by atoms with van der Waals surface area (Å²) in [5, 5.41) is 4.39. The summed E-state index contributed by atoms with van der Waals surface area (Å²) in [5.41, 5.74) is 2.57. The molecule has 190 valence electrons. The van der Waals surface area contributed by atoms with Crippen LogP contribution in [0, 0.1) is 0 Å². The van der Waals surface area contributed by atoms with Gasteiger partial charge in [0.25, 0.3) is 0 Å². The van der Waals surface area contributed by atoms with Gasteiger partial charge in [-0.3, -0.25) is 9.59 Å². The molecular weight excluding hydrogens is 511 g/mol. The van der Waals surface area contributed by atoms with E-state index in [0.717, 1.165) is 16.7 Å². The van der Waals surface area contributed by atoms with E-state index >= 15 is 0 Å². The van der Waals surface area contributed by atoms with E-state index in [1.165, 1.54) is 11.8 Å². The normalized spacial score (nSPS) is 12.1. The minimum absolute atomic E-state index is 0.0890. The molecule has 1 N–H and O–H groups in total. The topological polar surface area (TPSA) is 49.4 Å². The molecule has 1 atom stereocenters. The summed E-state index contributed by atoms with van der Waals surface area (Å²) in [6.45, 7) is 6.14. The summed E-state index contributed by atoms with van der Waals surface area (Å²) in [6.07, 6.45) is 0.421. The molecule has 3 aromatic rings. The van der Waals surface area contributed by atoms with E-state index < -0.39 is 11.6 Å². The van der Waals surface area contributed by atoms with Gasteiger partial charge in [-0.05, 0) is 61.7 Å². The maximum absolute atomic E-state index is 13.6. The number of hydrogen-bond donors (Lipinski definition) is 1. The lowest BCUT2D eigenvalue weighted by Gasteiger charge is -2.34. The number of nitrogens with zero attached hydrogens (tertiary/aromatic N) is 1. The fourth-order valence-electron chi connectivity index (χ4n) is 3.71. The van der Waals surface area contributed by atoms with E-state index in [0.29, 0.717) is 28.8 Å². The molecule has 0 aliphatic carbocycles. The molecule has 0 spiro atoms. The van der Waals surface area contributed by atoms with Gasteiger partial charge < -0.3 is 10.2 Å². The van der Waals surface area contributed by atoms with E-state index in [4.69, 9.17) is 23.2 Å². The molecule has 2 amide bonds. The van der Waals surface area contributed by atoms with Gasteiger partial charge in [0.1, 0.15) is 6.04 Å². The number of thioether (sulfide) groups is 1. The van der Waals surface area contributed by atoms with Gasteiger partial charge in [-0.15, -0.1) is 11.8 Å². The lowest BCUT2D eigenvalue weighted by atomic mass is 10.0. The number of benzene rings is 3. The maximum atomic E-state index is 13.6. The zero-order valence-electron chi connectivity index (χ0n) is 20.8. The Kier molecular flexibility index (Phi) is 10.3. The van der Waals surface area contributed by atoms with Crippen LogP contribution in [-0.4, -0.2) is 34.0 Å².